The van der Waals surface area contributed by atoms with Crippen molar-refractivity contribution >= 4 is 33.6 Å². The van der Waals surface area contributed by atoms with Gasteiger partial charge in [-0.2, -0.15) is 5.26 Å². The van der Waals surface area contributed by atoms with Gasteiger partial charge in [-0.25, -0.2) is 15.1 Å². The molecule has 0 fully saturated rings. The summed E-state index contributed by atoms with van der Waals surface area (Å²) in [4.78, 5) is 25.8. The van der Waals surface area contributed by atoms with Gasteiger partial charge in [0.2, 0.25) is 0 Å². The molecule has 8 heteroatoms. The van der Waals surface area contributed by atoms with Crippen molar-refractivity contribution in [3.8, 4) is 6.07 Å². The number of benzene rings is 1. The number of urea groups is 1. The van der Waals surface area contributed by atoms with E-state index >= 15 is 0 Å². The van der Waals surface area contributed by atoms with E-state index in [1.54, 1.807) is 6.07 Å². The van der Waals surface area contributed by atoms with Crippen molar-refractivity contribution in [3.05, 3.63) is 28.2 Å². The Bertz CT molecular complexity index is 512. The van der Waals surface area contributed by atoms with Gasteiger partial charge in [0.05, 0.1) is 11.3 Å². The largest absolute Gasteiger partial charge is 0.479 e. The lowest BCUT2D eigenvalue weighted by atomic mass is 10.2. The van der Waals surface area contributed by atoms with E-state index in [2.05, 4.69) is 26.1 Å². The fraction of sp³-hybridized carbons (Fsp3) is 0.100. The van der Waals surface area contributed by atoms with E-state index in [1.165, 1.54) is 12.1 Å². The summed E-state index contributed by atoms with van der Waals surface area (Å²) in [5.74, 6) is -1.21. The molecular weight excluding hydrogens is 306 g/mol. The molecule has 1 rings (SSSR count). The Morgan fingerprint density at radius 3 is 2.83 bits per heavy atom. The number of nitrogens with zero attached hydrogens (tertiary/aromatic N) is 1. The number of halogens is 1. The highest BCUT2D eigenvalue weighted by Crippen LogP contribution is 2.19. The second kappa shape index (κ2) is 6.58. The molecule has 0 atom stereocenters. The number of carbonyl (C=O) groups is 2. The van der Waals surface area contributed by atoms with Gasteiger partial charge in [-0.1, -0.05) is 15.9 Å². The minimum atomic E-state index is -1.21. The molecule has 2 amide bonds. The van der Waals surface area contributed by atoms with Gasteiger partial charge < -0.3 is 10.4 Å². The Kier molecular flexibility index (Phi) is 5.10. The maximum atomic E-state index is 11.3. The van der Waals surface area contributed by atoms with Gasteiger partial charge >= 0.3 is 12.0 Å². The summed E-state index contributed by atoms with van der Waals surface area (Å²) in [7, 11) is 0. The Morgan fingerprint density at radius 2 is 2.22 bits per heavy atom. The number of hydrogen-bond donors (Lipinski definition) is 3. The van der Waals surface area contributed by atoms with Crippen LogP contribution in [0.4, 0.5) is 10.5 Å². The first-order chi connectivity index (χ1) is 8.52. The highest BCUT2D eigenvalue weighted by atomic mass is 79.9. The monoisotopic (exact) mass is 313 g/mol. The third-order valence-electron chi connectivity index (χ3n) is 1.71. The van der Waals surface area contributed by atoms with Crippen LogP contribution < -0.4 is 10.8 Å². The quantitative estimate of drug-likeness (QED) is 0.729. The Balaban J connectivity index is 2.59. The van der Waals surface area contributed by atoms with Crippen molar-refractivity contribution in [2.45, 2.75) is 0 Å². The minimum Gasteiger partial charge on any atom is -0.479 e. The maximum absolute atomic E-state index is 11.3. The van der Waals surface area contributed by atoms with E-state index in [0.29, 0.717) is 4.47 Å². The van der Waals surface area contributed by atoms with Crippen LogP contribution in [0.1, 0.15) is 5.56 Å². The van der Waals surface area contributed by atoms with E-state index in [9.17, 15) is 9.59 Å². The van der Waals surface area contributed by atoms with Gasteiger partial charge in [-0.05, 0) is 18.2 Å². The molecule has 0 saturated heterocycles. The Hall–Kier alpha value is -2.11. The topological polar surface area (TPSA) is 111 Å². The molecule has 0 aliphatic rings. The average Bonchev–Trinajstić information content (AvgIpc) is 2.31. The molecular formula is C10H8BrN3O4. The van der Waals surface area contributed by atoms with E-state index in [0.717, 1.165) is 0 Å². The standard InChI is InChI=1S/C10H8BrN3O4/c11-7-1-2-8(6(3-7)4-12)13-10(17)14-18-5-9(15)16/h1-3H,5H2,(H,15,16)(H2,13,14,17). The summed E-state index contributed by atoms with van der Waals surface area (Å²) < 4.78 is 0.701. The number of nitriles is 1. The van der Waals surface area contributed by atoms with Crippen molar-refractivity contribution in [1.82, 2.24) is 5.48 Å². The summed E-state index contributed by atoms with van der Waals surface area (Å²) in [6.07, 6.45) is 0. The number of hydrogen-bond acceptors (Lipinski definition) is 4. The number of anilines is 1. The predicted molar refractivity (Wildman–Crippen MR) is 64.6 cm³/mol. The Morgan fingerprint density at radius 1 is 1.50 bits per heavy atom. The third kappa shape index (κ3) is 4.40. The number of hydroxylamine groups is 1. The van der Waals surface area contributed by atoms with Crippen LogP contribution in [0.5, 0.6) is 0 Å². The van der Waals surface area contributed by atoms with Crippen LogP contribution in [0, 0.1) is 11.3 Å². The van der Waals surface area contributed by atoms with Crippen LogP contribution in [0.3, 0.4) is 0 Å². The second-order valence-corrected chi connectivity index (χ2v) is 3.96. The molecule has 0 aromatic heterocycles. The number of rotatable bonds is 4. The first kappa shape index (κ1) is 14.0. The zero-order valence-corrected chi connectivity index (χ0v) is 10.5. The maximum Gasteiger partial charge on any atom is 0.343 e. The zero-order chi connectivity index (χ0) is 13.5. The van der Waals surface area contributed by atoms with Crippen LogP contribution in [0.2, 0.25) is 0 Å². The first-order valence-electron chi connectivity index (χ1n) is 4.63. The fourth-order valence-electron chi connectivity index (χ4n) is 1.03. The Labute approximate surface area is 110 Å². The molecule has 0 aliphatic heterocycles. The van der Waals surface area contributed by atoms with E-state index in [-0.39, 0.29) is 11.3 Å². The first-order valence-corrected chi connectivity index (χ1v) is 5.42. The van der Waals surface area contributed by atoms with Gasteiger partial charge in [0, 0.05) is 4.47 Å². The van der Waals surface area contributed by atoms with Gasteiger partial charge in [0.25, 0.3) is 0 Å². The highest BCUT2D eigenvalue weighted by Gasteiger charge is 2.07. The van der Waals surface area contributed by atoms with Crippen LogP contribution in [-0.2, 0) is 9.63 Å². The van der Waals surface area contributed by atoms with E-state index in [1.807, 2.05) is 11.5 Å². The molecule has 0 aliphatic carbocycles. The van der Waals surface area contributed by atoms with E-state index < -0.39 is 18.6 Å². The molecule has 0 heterocycles. The summed E-state index contributed by atoms with van der Waals surface area (Å²) >= 11 is 3.19. The van der Waals surface area contributed by atoms with Crippen molar-refractivity contribution < 1.29 is 19.5 Å². The van der Waals surface area contributed by atoms with Crippen molar-refractivity contribution in [2.75, 3.05) is 11.9 Å². The summed E-state index contributed by atoms with van der Waals surface area (Å²) in [6.45, 7) is -0.654. The molecule has 3 N–H and O–H groups in total. The zero-order valence-electron chi connectivity index (χ0n) is 8.94. The lowest BCUT2D eigenvalue weighted by molar-refractivity contribution is -0.143. The van der Waals surface area contributed by atoms with Crippen molar-refractivity contribution in [1.29, 1.82) is 5.26 Å². The molecule has 0 bridgehead atoms. The predicted octanol–water partition coefficient (Wildman–Crippen LogP) is 1.46. The van der Waals surface area contributed by atoms with Crippen LogP contribution in [0.15, 0.2) is 22.7 Å². The van der Waals surface area contributed by atoms with Crippen LogP contribution in [-0.4, -0.2) is 23.7 Å². The SMILES string of the molecule is N#Cc1cc(Br)ccc1NC(=O)NOCC(=O)O. The van der Waals surface area contributed by atoms with Crippen molar-refractivity contribution in [2.24, 2.45) is 0 Å². The lowest BCUT2D eigenvalue weighted by Gasteiger charge is -2.08. The fourth-order valence-corrected chi connectivity index (χ4v) is 1.39. The number of aliphatic carboxylic acids is 1. The molecule has 0 unspecified atom stereocenters. The van der Waals surface area contributed by atoms with Gasteiger partial charge in [0.15, 0.2) is 6.61 Å². The summed E-state index contributed by atoms with van der Waals surface area (Å²) in [5, 5.41) is 19.5. The molecule has 0 saturated carbocycles. The van der Waals surface area contributed by atoms with Gasteiger partial charge in [-0.3, -0.25) is 4.84 Å². The van der Waals surface area contributed by atoms with E-state index in [4.69, 9.17) is 10.4 Å². The van der Waals surface area contributed by atoms with Gasteiger partial charge in [-0.15, -0.1) is 0 Å². The minimum absolute atomic E-state index is 0.262. The molecule has 0 radical (unpaired) electrons. The van der Waals surface area contributed by atoms with Crippen LogP contribution in [0.25, 0.3) is 0 Å². The van der Waals surface area contributed by atoms with Crippen molar-refractivity contribution in [3.63, 3.8) is 0 Å². The second-order valence-electron chi connectivity index (χ2n) is 3.04. The van der Waals surface area contributed by atoms with Crippen LogP contribution >= 0.6 is 15.9 Å². The summed E-state index contributed by atoms with van der Waals surface area (Å²) in [5.41, 5.74) is 2.43. The molecule has 1 aromatic rings. The summed E-state index contributed by atoms with van der Waals surface area (Å²) in [6, 6.07) is 5.85. The highest BCUT2D eigenvalue weighted by molar-refractivity contribution is 9.10. The molecule has 1 aromatic carbocycles. The molecule has 0 spiro atoms. The number of nitrogens with one attached hydrogen (secondary N) is 2. The van der Waals surface area contributed by atoms with Gasteiger partial charge in [0.1, 0.15) is 6.07 Å². The smallest absolute Gasteiger partial charge is 0.343 e. The number of carboxylic acid groups (broad SMARTS) is 1. The average molecular weight is 314 g/mol. The number of carboxylic acids is 1. The molecule has 7 nitrogen and oxygen atoms in total. The number of carbonyl (C=O) groups excluding carboxylic acids is 1. The lowest BCUT2D eigenvalue weighted by Crippen LogP contribution is -2.31. The normalized spacial score (nSPS) is 9.33. The molecule has 94 valence electrons. The number of amides is 2. The molecule has 18 heavy (non-hydrogen) atoms. The third-order valence-corrected chi connectivity index (χ3v) is 2.20.